The van der Waals surface area contributed by atoms with Gasteiger partial charge in [-0.15, -0.1) is 0 Å². The third-order valence-electron chi connectivity index (χ3n) is 2.52. The Morgan fingerprint density at radius 1 is 1.39 bits per heavy atom. The molecule has 0 bridgehead atoms. The number of hydrogen-bond acceptors (Lipinski definition) is 2. The molecule has 1 heterocycles. The largest absolute Gasteiger partial charge is 0.295 e. The summed E-state index contributed by atoms with van der Waals surface area (Å²) >= 11 is 11.3. The first-order valence-electron chi connectivity index (χ1n) is 5.44. The van der Waals surface area contributed by atoms with Crippen LogP contribution < -0.4 is 0 Å². The molecule has 1 N–H and O–H groups in total. The predicted octanol–water partition coefficient (Wildman–Crippen LogP) is 4.16. The number of hydrogen-bond donors (Lipinski definition) is 1. The molecule has 0 aliphatic rings. The Balaban J connectivity index is 2.69. The van der Waals surface area contributed by atoms with Crippen LogP contribution in [0.3, 0.4) is 0 Å². The fraction of sp³-hybridized carbons (Fsp3) is 0.333. The van der Waals surface area contributed by atoms with E-state index in [9.17, 15) is 4.39 Å². The molecular formula is C12H13ClFN3S. The molecule has 2 aromatic rings. The molecule has 3 nitrogen and oxygen atoms in total. The highest BCUT2D eigenvalue weighted by molar-refractivity contribution is 7.71. The zero-order valence-electron chi connectivity index (χ0n) is 10.3. The van der Waals surface area contributed by atoms with Crippen molar-refractivity contribution in [3.8, 4) is 11.4 Å². The number of nitrogens with one attached hydrogen (secondary N) is 1. The zero-order valence-corrected chi connectivity index (χ0v) is 11.9. The van der Waals surface area contributed by atoms with Gasteiger partial charge in [-0.05, 0) is 51.2 Å². The molecule has 96 valence electrons. The van der Waals surface area contributed by atoms with Gasteiger partial charge in [0.2, 0.25) is 0 Å². The third kappa shape index (κ3) is 2.33. The predicted molar refractivity (Wildman–Crippen MR) is 72.8 cm³/mol. The zero-order chi connectivity index (χ0) is 13.5. The molecule has 0 amide bonds. The van der Waals surface area contributed by atoms with Gasteiger partial charge in [0.15, 0.2) is 10.6 Å². The van der Waals surface area contributed by atoms with E-state index in [1.807, 2.05) is 25.3 Å². The van der Waals surface area contributed by atoms with Crippen LogP contribution in [-0.4, -0.2) is 14.8 Å². The molecule has 0 saturated heterocycles. The maximum atomic E-state index is 13.1. The number of nitrogens with zero attached hydrogens (tertiary/aromatic N) is 2. The van der Waals surface area contributed by atoms with Gasteiger partial charge in [0, 0.05) is 11.1 Å². The monoisotopic (exact) mass is 285 g/mol. The van der Waals surface area contributed by atoms with Crippen LogP contribution in [0, 0.1) is 10.6 Å². The number of aromatic amines is 1. The normalized spacial score (nSPS) is 11.8. The number of aromatic nitrogens is 3. The van der Waals surface area contributed by atoms with Gasteiger partial charge >= 0.3 is 0 Å². The minimum atomic E-state index is -0.375. The van der Waals surface area contributed by atoms with Gasteiger partial charge < -0.3 is 0 Å². The fourth-order valence-electron chi connectivity index (χ4n) is 1.77. The lowest BCUT2D eigenvalue weighted by Gasteiger charge is -2.22. The molecule has 18 heavy (non-hydrogen) atoms. The highest BCUT2D eigenvalue weighted by Gasteiger charge is 2.21. The Bertz CT molecular complexity index is 640. The van der Waals surface area contributed by atoms with Crippen LogP contribution >= 0.6 is 23.8 Å². The standard InChI is InChI=1S/C12H13ClFN3S/c1-12(2,3)17-10(15-16-11(17)18)8-5-4-7(14)6-9(8)13/h4-6H,1-3H3,(H,16,18). The van der Waals surface area contributed by atoms with E-state index in [1.54, 1.807) is 6.07 Å². The molecule has 0 aliphatic carbocycles. The first-order valence-corrected chi connectivity index (χ1v) is 6.22. The van der Waals surface area contributed by atoms with E-state index in [0.29, 0.717) is 21.2 Å². The first-order chi connectivity index (χ1) is 8.30. The van der Waals surface area contributed by atoms with Crippen molar-refractivity contribution < 1.29 is 4.39 Å². The summed E-state index contributed by atoms with van der Waals surface area (Å²) in [7, 11) is 0. The summed E-state index contributed by atoms with van der Waals surface area (Å²) in [5, 5.41) is 7.24. The van der Waals surface area contributed by atoms with Gasteiger partial charge in [-0.2, -0.15) is 5.10 Å². The molecule has 0 unspecified atom stereocenters. The van der Waals surface area contributed by atoms with E-state index in [1.165, 1.54) is 12.1 Å². The van der Waals surface area contributed by atoms with Crippen molar-refractivity contribution in [1.82, 2.24) is 14.8 Å². The fourth-order valence-corrected chi connectivity index (χ4v) is 2.43. The van der Waals surface area contributed by atoms with Crippen molar-refractivity contribution in [3.63, 3.8) is 0 Å². The quantitative estimate of drug-likeness (QED) is 0.799. The minimum absolute atomic E-state index is 0.239. The van der Waals surface area contributed by atoms with Crippen molar-refractivity contribution in [2.75, 3.05) is 0 Å². The van der Waals surface area contributed by atoms with Crippen LogP contribution in [0.25, 0.3) is 11.4 Å². The Morgan fingerprint density at radius 3 is 2.61 bits per heavy atom. The molecule has 0 aliphatic heterocycles. The summed E-state index contributed by atoms with van der Waals surface area (Å²) in [5.74, 6) is 0.234. The summed E-state index contributed by atoms with van der Waals surface area (Å²) in [6, 6.07) is 4.22. The van der Waals surface area contributed by atoms with Crippen molar-refractivity contribution in [2.45, 2.75) is 26.3 Å². The first kappa shape index (κ1) is 13.2. The average molecular weight is 286 g/mol. The van der Waals surface area contributed by atoms with Gasteiger partial charge in [-0.1, -0.05) is 11.6 Å². The van der Waals surface area contributed by atoms with E-state index in [2.05, 4.69) is 10.2 Å². The van der Waals surface area contributed by atoms with E-state index < -0.39 is 0 Å². The summed E-state index contributed by atoms with van der Waals surface area (Å²) in [5.41, 5.74) is 0.414. The lowest BCUT2D eigenvalue weighted by Crippen LogP contribution is -2.23. The Hall–Kier alpha value is -1.20. The van der Waals surface area contributed by atoms with Crippen molar-refractivity contribution >= 4 is 23.8 Å². The second kappa shape index (κ2) is 4.48. The Kier molecular flexibility index (Phi) is 3.29. The molecule has 6 heteroatoms. The van der Waals surface area contributed by atoms with Gasteiger partial charge in [0.1, 0.15) is 5.82 Å². The van der Waals surface area contributed by atoms with Gasteiger partial charge in [0.05, 0.1) is 5.02 Å². The van der Waals surface area contributed by atoms with Crippen LogP contribution in [0.15, 0.2) is 18.2 Å². The molecule has 0 atom stereocenters. The van der Waals surface area contributed by atoms with Crippen LogP contribution in [-0.2, 0) is 5.54 Å². The van der Waals surface area contributed by atoms with Gasteiger partial charge in [-0.3, -0.25) is 9.67 Å². The summed E-state index contributed by atoms with van der Waals surface area (Å²) in [6.07, 6.45) is 0. The molecule has 2 rings (SSSR count). The van der Waals surface area contributed by atoms with E-state index >= 15 is 0 Å². The summed E-state index contributed by atoms with van der Waals surface area (Å²) in [6.45, 7) is 6.04. The van der Waals surface area contributed by atoms with E-state index in [-0.39, 0.29) is 11.4 Å². The molecule has 0 fully saturated rings. The van der Waals surface area contributed by atoms with Crippen LogP contribution in [0.4, 0.5) is 4.39 Å². The Morgan fingerprint density at radius 2 is 2.06 bits per heavy atom. The average Bonchev–Trinajstić information content (AvgIpc) is 2.59. The molecule has 0 saturated carbocycles. The molecule has 1 aromatic carbocycles. The molecule has 0 radical (unpaired) electrons. The number of halogens is 2. The van der Waals surface area contributed by atoms with E-state index in [0.717, 1.165) is 0 Å². The van der Waals surface area contributed by atoms with Crippen molar-refractivity contribution in [1.29, 1.82) is 0 Å². The number of rotatable bonds is 1. The smallest absolute Gasteiger partial charge is 0.195 e. The minimum Gasteiger partial charge on any atom is -0.295 e. The summed E-state index contributed by atoms with van der Waals surface area (Å²) < 4.78 is 15.4. The van der Waals surface area contributed by atoms with Gasteiger partial charge in [-0.25, -0.2) is 4.39 Å². The number of benzene rings is 1. The topological polar surface area (TPSA) is 33.6 Å². The lowest BCUT2D eigenvalue weighted by atomic mass is 10.1. The van der Waals surface area contributed by atoms with Crippen LogP contribution in [0.2, 0.25) is 5.02 Å². The van der Waals surface area contributed by atoms with Crippen LogP contribution in [0.5, 0.6) is 0 Å². The summed E-state index contributed by atoms with van der Waals surface area (Å²) in [4.78, 5) is 0. The van der Waals surface area contributed by atoms with Gasteiger partial charge in [0.25, 0.3) is 0 Å². The Labute approximate surface area is 115 Å². The van der Waals surface area contributed by atoms with Crippen molar-refractivity contribution in [2.24, 2.45) is 0 Å². The van der Waals surface area contributed by atoms with E-state index in [4.69, 9.17) is 23.8 Å². The second-order valence-electron chi connectivity index (χ2n) is 4.98. The molecule has 1 aromatic heterocycles. The SMILES string of the molecule is CC(C)(C)n1c(-c2ccc(F)cc2Cl)n[nH]c1=S. The number of H-pyrrole nitrogens is 1. The maximum Gasteiger partial charge on any atom is 0.195 e. The third-order valence-corrected chi connectivity index (χ3v) is 3.10. The highest BCUT2D eigenvalue weighted by Crippen LogP contribution is 2.30. The molecular weight excluding hydrogens is 273 g/mol. The lowest BCUT2D eigenvalue weighted by molar-refractivity contribution is 0.395. The second-order valence-corrected chi connectivity index (χ2v) is 5.78. The van der Waals surface area contributed by atoms with Crippen LogP contribution in [0.1, 0.15) is 20.8 Å². The van der Waals surface area contributed by atoms with Crippen molar-refractivity contribution in [3.05, 3.63) is 33.8 Å². The highest BCUT2D eigenvalue weighted by atomic mass is 35.5. The maximum absolute atomic E-state index is 13.1. The molecule has 0 spiro atoms.